The summed E-state index contributed by atoms with van der Waals surface area (Å²) in [5.74, 6) is -3.52. The fourth-order valence-corrected chi connectivity index (χ4v) is 7.19. The Labute approximate surface area is 286 Å². The van der Waals surface area contributed by atoms with Gasteiger partial charge in [-0.1, -0.05) is 49.2 Å². The summed E-state index contributed by atoms with van der Waals surface area (Å²) in [4.78, 5) is 86.1. The van der Waals surface area contributed by atoms with Crippen LogP contribution in [-0.4, -0.2) is 82.6 Å². The number of ketones is 1. The molecule has 4 N–H and O–H groups in total. The van der Waals surface area contributed by atoms with Crippen LogP contribution in [0.5, 0.6) is 0 Å². The minimum Gasteiger partial charge on any atom is -0.445 e. The molecular formula is C36H46N6O7. The van der Waals surface area contributed by atoms with Gasteiger partial charge in [0.15, 0.2) is 0 Å². The van der Waals surface area contributed by atoms with Gasteiger partial charge in [0.2, 0.25) is 23.5 Å². The van der Waals surface area contributed by atoms with Gasteiger partial charge in [0.25, 0.3) is 5.91 Å². The molecule has 3 aliphatic rings. The number of Topliss-reactive ketones (excluding diaryl/α,β-unsaturated/α-hetero) is 1. The van der Waals surface area contributed by atoms with Gasteiger partial charge in [-0.3, -0.25) is 29.0 Å². The van der Waals surface area contributed by atoms with E-state index in [0.29, 0.717) is 31.6 Å². The second-order valence-electron chi connectivity index (χ2n) is 13.7. The molecule has 3 heterocycles. The predicted molar refractivity (Wildman–Crippen MR) is 178 cm³/mol. The summed E-state index contributed by atoms with van der Waals surface area (Å²) < 4.78 is 5.45. The molecule has 1 saturated carbocycles. The Hall–Kier alpha value is -4.81. The van der Waals surface area contributed by atoms with E-state index in [4.69, 9.17) is 4.74 Å². The molecule has 4 atom stereocenters. The molecule has 13 nitrogen and oxygen atoms in total. The maximum Gasteiger partial charge on any atom is 0.408 e. The van der Waals surface area contributed by atoms with E-state index < -0.39 is 53.6 Å². The molecule has 1 aromatic heterocycles. The second kappa shape index (κ2) is 16.1. The van der Waals surface area contributed by atoms with E-state index in [9.17, 15) is 28.8 Å². The Morgan fingerprint density at radius 2 is 1.71 bits per heavy atom. The van der Waals surface area contributed by atoms with Crippen LogP contribution in [0.2, 0.25) is 0 Å². The van der Waals surface area contributed by atoms with E-state index in [1.165, 1.54) is 4.90 Å². The summed E-state index contributed by atoms with van der Waals surface area (Å²) in [6, 6.07) is 10.8. The summed E-state index contributed by atoms with van der Waals surface area (Å²) >= 11 is 0. The lowest BCUT2D eigenvalue weighted by Crippen LogP contribution is -2.57. The van der Waals surface area contributed by atoms with Crippen molar-refractivity contribution >= 4 is 35.5 Å². The molecule has 2 aliphatic heterocycles. The molecule has 2 aromatic rings. The summed E-state index contributed by atoms with van der Waals surface area (Å²) in [5, 5.41) is 10.8. The van der Waals surface area contributed by atoms with Gasteiger partial charge in [-0.25, -0.2) is 4.79 Å². The molecule has 0 bridgehead atoms. The molecular weight excluding hydrogens is 628 g/mol. The summed E-state index contributed by atoms with van der Waals surface area (Å²) in [7, 11) is 0. The maximum absolute atomic E-state index is 14.4. The number of benzene rings is 1. The van der Waals surface area contributed by atoms with Gasteiger partial charge in [-0.05, 0) is 69.1 Å². The standard InChI is InChI=1S/C36H46N6O7/c1-23(2)39-33(46)30(43)27(18-25-13-17-38-31(25)44)40-32(45)29-20-36(14-7-8-15-36)22-42(29)34(47)28(19-26-12-6-9-16-37-26)41-35(48)49-21-24-10-4-3-5-11-24/h3-6,9-12,16,23,25,27-29H,7-8,13-15,17-22H2,1-2H3,(H,38,44)(H,39,46)(H,40,45)(H,41,48)/t25-,27?,28?,29-/m0/s1. The molecule has 5 rings (SSSR count). The molecule has 1 spiro atoms. The number of hydrogen-bond acceptors (Lipinski definition) is 8. The largest absolute Gasteiger partial charge is 0.445 e. The van der Waals surface area contributed by atoms with E-state index in [1.54, 1.807) is 38.2 Å². The van der Waals surface area contributed by atoms with Crippen molar-refractivity contribution in [2.24, 2.45) is 11.3 Å². The number of ether oxygens (including phenoxy) is 1. The number of aromatic nitrogens is 1. The third kappa shape index (κ3) is 9.21. The van der Waals surface area contributed by atoms with E-state index in [1.807, 2.05) is 30.3 Å². The highest BCUT2D eigenvalue weighted by molar-refractivity contribution is 6.38. The number of carbonyl (C=O) groups is 6. The minimum atomic E-state index is -1.26. The lowest BCUT2D eigenvalue weighted by atomic mass is 9.83. The number of alkyl carbamates (subject to hydrolysis) is 1. The summed E-state index contributed by atoms with van der Waals surface area (Å²) in [6.07, 6.45) is 5.28. The molecule has 1 aliphatic carbocycles. The lowest BCUT2D eigenvalue weighted by molar-refractivity contribution is -0.143. The normalized spacial score (nSPS) is 20.8. The van der Waals surface area contributed by atoms with Crippen molar-refractivity contribution in [2.75, 3.05) is 13.1 Å². The highest BCUT2D eigenvalue weighted by Crippen LogP contribution is 2.48. The van der Waals surface area contributed by atoms with Crippen LogP contribution in [0, 0.1) is 11.3 Å². The van der Waals surface area contributed by atoms with Crippen molar-refractivity contribution in [3.05, 3.63) is 66.0 Å². The van der Waals surface area contributed by atoms with E-state index in [0.717, 1.165) is 31.2 Å². The third-order valence-electron chi connectivity index (χ3n) is 9.66. The van der Waals surface area contributed by atoms with Gasteiger partial charge in [0, 0.05) is 43.4 Å². The van der Waals surface area contributed by atoms with Gasteiger partial charge in [0.05, 0.1) is 6.04 Å². The summed E-state index contributed by atoms with van der Waals surface area (Å²) in [5.41, 5.74) is 1.06. The van der Waals surface area contributed by atoms with Crippen LogP contribution in [0.1, 0.15) is 70.1 Å². The zero-order valence-corrected chi connectivity index (χ0v) is 28.1. The molecule has 13 heteroatoms. The number of carbonyl (C=O) groups excluding carboxylic acids is 6. The van der Waals surface area contributed by atoms with Gasteiger partial charge in [-0.15, -0.1) is 0 Å². The van der Waals surface area contributed by atoms with Gasteiger partial charge >= 0.3 is 6.09 Å². The van der Waals surface area contributed by atoms with Crippen LogP contribution in [0.25, 0.3) is 0 Å². The Balaban J connectivity index is 1.37. The smallest absolute Gasteiger partial charge is 0.408 e. The van der Waals surface area contributed by atoms with Crippen LogP contribution in [-0.2, 0) is 41.7 Å². The quantitative estimate of drug-likeness (QED) is 0.234. The first-order valence-corrected chi connectivity index (χ1v) is 17.1. The van der Waals surface area contributed by atoms with Crippen molar-refractivity contribution in [1.82, 2.24) is 31.2 Å². The van der Waals surface area contributed by atoms with E-state index in [2.05, 4.69) is 26.3 Å². The summed E-state index contributed by atoms with van der Waals surface area (Å²) in [6.45, 7) is 4.20. The van der Waals surface area contributed by atoms with Crippen molar-refractivity contribution < 1.29 is 33.5 Å². The highest BCUT2D eigenvalue weighted by atomic mass is 16.5. The molecule has 0 radical (unpaired) electrons. The first-order valence-electron chi connectivity index (χ1n) is 17.1. The number of rotatable bonds is 13. The zero-order valence-electron chi connectivity index (χ0n) is 28.1. The van der Waals surface area contributed by atoms with Gasteiger partial charge in [-0.2, -0.15) is 0 Å². The van der Waals surface area contributed by atoms with Crippen molar-refractivity contribution in [1.29, 1.82) is 0 Å². The van der Waals surface area contributed by atoms with Gasteiger partial charge < -0.3 is 30.9 Å². The molecule has 5 amide bonds. The first-order chi connectivity index (χ1) is 23.5. The average Bonchev–Trinajstić information content (AvgIpc) is 3.83. The van der Waals surface area contributed by atoms with Crippen LogP contribution in [0.15, 0.2) is 54.7 Å². The van der Waals surface area contributed by atoms with E-state index >= 15 is 0 Å². The predicted octanol–water partition coefficient (Wildman–Crippen LogP) is 2.19. The Morgan fingerprint density at radius 1 is 0.980 bits per heavy atom. The fourth-order valence-electron chi connectivity index (χ4n) is 7.19. The fraction of sp³-hybridized carbons (Fsp3) is 0.528. The van der Waals surface area contributed by atoms with Crippen LogP contribution in [0.4, 0.5) is 4.79 Å². The topological polar surface area (TPSA) is 176 Å². The van der Waals surface area contributed by atoms with Crippen LogP contribution >= 0.6 is 0 Å². The number of likely N-dealkylation sites (tertiary alicyclic amines) is 1. The minimum absolute atomic E-state index is 0.00779. The molecule has 2 saturated heterocycles. The number of nitrogens with one attached hydrogen (secondary N) is 4. The number of nitrogens with zero attached hydrogens (tertiary/aromatic N) is 2. The molecule has 1 aromatic carbocycles. The second-order valence-corrected chi connectivity index (χ2v) is 13.7. The highest BCUT2D eigenvalue weighted by Gasteiger charge is 2.51. The molecule has 2 unspecified atom stereocenters. The third-order valence-corrected chi connectivity index (χ3v) is 9.66. The molecule has 262 valence electrons. The van der Waals surface area contributed by atoms with Crippen LogP contribution < -0.4 is 21.3 Å². The Bertz CT molecular complexity index is 1510. The Morgan fingerprint density at radius 3 is 2.37 bits per heavy atom. The van der Waals surface area contributed by atoms with Crippen LogP contribution in [0.3, 0.4) is 0 Å². The van der Waals surface area contributed by atoms with Crippen molar-refractivity contribution in [3.63, 3.8) is 0 Å². The first kappa shape index (κ1) is 35.5. The number of amides is 5. The average molecular weight is 675 g/mol. The molecule has 3 fully saturated rings. The van der Waals surface area contributed by atoms with Crippen molar-refractivity contribution in [2.45, 2.75) is 96.0 Å². The molecule has 49 heavy (non-hydrogen) atoms. The SMILES string of the molecule is CC(C)NC(=O)C(=O)C(C[C@@H]1CCNC1=O)NC(=O)[C@@H]1CC2(CCCC2)CN1C(=O)C(Cc1ccccn1)NC(=O)OCc1ccccc1. The number of pyridine rings is 1. The van der Waals surface area contributed by atoms with Crippen molar-refractivity contribution in [3.8, 4) is 0 Å². The monoisotopic (exact) mass is 674 g/mol. The zero-order chi connectivity index (χ0) is 35.0. The Kier molecular flexibility index (Phi) is 11.6. The number of hydrogen-bond donors (Lipinski definition) is 4. The lowest BCUT2D eigenvalue weighted by Gasteiger charge is -2.30. The maximum atomic E-state index is 14.4. The van der Waals surface area contributed by atoms with Gasteiger partial charge in [0.1, 0.15) is 18.7 Å². The van der Waals surface area contributed by atoms with E-state index in [-0.39, 0.29) is 36.8 Å².